The van der Waals surface area contributed by atoms with Gasteiger partial charge in [0, 0.05) is 27.2 Å². The fraction of sp³-hybridized carbons (Fsp3) is 0.727. The zero-order chi connectivity index (χ0) is 12.3. The molecule has 0 aromatic carbocycles. The summed E-state index contributed by atoms with van der Waals surface area (Å²) in [5.74, 6) is 0. The lowest BCUT2D eigenvalue weighted by Gasteiger charge is -2.23. The van der Waals surface area contributed by atoms with Gasteiger partial charge < -0.3 is 9.84 Å². The van der Waals surface area contributed by atoms with Gasteiger partial charge in [0.05, 0.1) is 22.0 Å². The molecule has 4 nitrogen and oxygen atoms in total. The summed E-state index contributed by atoms with van der Waals surface area (Å²) in [6.07, 6.45) is 1.05. The van der Waals surface area contributed by atoms with E-state index < -0.39 is 5.60 Å². The number of ether oxygens (including phenoxy) is 1. The molecule has 0 fully saturated rings. The highest BCUT2D eigenvalue weighted by Gasteiger charge is 2.24. The van der Waals surface area contributed by atoms with Gasteiger partial charge in [0.2, 0.25) is 0 Å². The molecule has 1 rings (SSSR count). The van der Waals surface area contributed by atoms with E-state index in [9.17, 15) is 5.11 Å². The van der Waals surface area contributed by atoms with E-state index in [2.05, 4.69) is 5.10 Å². The SMILES string of the molecule is COCCC(C)(O)Cc1c(Cl)c(C)nn1C. The average molecular weight is 247 g/mol. The van der Waals surface area contributed by atoms with Crippen molar-refractivity contribution in [3.8, 4) is 0 Å². The van der Waals surface area contributed by atoms with Crippen molar-refractivity contribution >= 4 is 11.6 Å². The van der Waals surface area contributed by atoms with Gasteiger partial charge in [-0.15, -0.1) is 0 Å². The molecule has 16 heavy (non-hydrogen) atoms. The van der Waals surface area contributed by atoms with Crippen molar-refractivity contribution in [1.82, 2.24) is 9.78 Å². The van der Waals surface area contributed by atoms with Crippen LogP contribution in [0.25, 0.3) is 0 Å². The molecule has 0 bridgehead atoms. The second kappa shape index (κ2) is 5.17. The molecule has 5 heteroatoms. The predicted molar refractivity (Wildman–Crippen MR) is 63.8 cm³/mol. The Morgan fingerprint density at radius 2 is 2.19 bits per heavy atom. The molecule has 0 spiro atoms. The van der Waals surface area contributed by atoms with Crippen LogP contribution < -0.4 is 0 Å². The van der Waals surface area contributed by atoms with E-state index in [0.717, 1.165) is 11.4 Å². The largest absolute Gasteiger partial charge is 0.390 e. The summed E-state index contributed by atoms with van der Waals surface area (Å²) >= 11 is 6.13. The molecule has 0 amide bonds. The lowest BCUT2D eigenvalue weighted by Crippen LogP contribution is -2.30. The Bertz CT molecular complexity index is 361. The van der Waals surface area contributed by atoms with Crippen LogP contribution >= 0.6 is 11.6 Å². The maximum absolute atomic E-state index is 10.2. The molecule has 0 radical (unpaired) electrons. The third kappa shape index (κ3) is 3.20. The molecule has 1 aromatic rings. The van der Waals surface area contributed by atoms with E-state index in [-0.39, 0.29) is 0 Å². The minimum Gasteiger partial charge on any atom is -0.390 e. The first-order valence-electron chi connectivity index (χ1n) is 5.26. The fourth-order valence-electron chi connectivity index (χ4n) is 1.64. The summed E-state index contributed by atoms with van der Waals surface area (Å²) in [6, 6.07) is 0. The maximum Gasteiger partial charge on any atom is 0.0848 e. The van der Waals surface area contributed by atoms with Crippen molar-refractivity contribution in [3.63, 3.8) is 0 Å². The summed E-state index contributed by atoms with van der Waals surface area (Å²) < 4.78 is 6.69. The normalized spacial score (nSPS) is 15.1. The topological polar surface area (TPSA) is 47.3 Å². The van der Waals surface area contributed by atoms with Crippen LogP contribution in [0.15, 0.2) is 0 Å². The average Bonchev–Trinajstić information content (AvgIpc) is 2.42. The number of halogens is 1. The van der Waals surface area contributed by atoms with Crippen LogP contribution in [-0.2, 0) is 18.2 Å². The number of aromatic nitrogens is 2. The van der Waals surface area contributed by atoms with Gasteiger partial charge in [0.15, 0.2) is 0 Å². The van der Waals surface area contributed by atoms with Crippen LogP contribution in [0.4, 0.5) is 0 Å². The summed E-state index contributed by atoms with van der Waals surface area (Å²) in [7, 11) is 3.46. The molecule has 1 atom stereocenters. The molecule has 0 aliphatic rings. The molecule has 0 saturated heterocycles. The standard InChI is InChI=1S/C11H19ClN2O2/c1-8-10(12)9(14(3)13-8)7-11(2,15)5-6-16-4/h15H,5-7H2,1-4H3. The van der Waals surface area contributed by atoms with Gasteiger partial charge in [-0.05, 0) is 20.3 Å². The van der Waals surface area contributed by atoms with Crippen LogP contribution in [0.2, 0.25) is 5.02 Å². The summed E-state index contributed by atoms with van der Waals surface area (Å²) in [6.45, 7) is 4.17. The first-order valence-corrected chi connectivity index (χ1v) is 5.64. The van der Waals surface area contributed by atoms with Gasteiger partial charge in [0.25, 0.3) is 0 Å². The van der Waals surface area contributed by atoms with Crippen molar-refractivity contribution in [3.05, 3.63) is 16.4 Å². The third-order valence-corrected chi connectivity index (χ3v) is 3.15. The summed E-state index contributed by atoms with van der Waals surface area (Å²) in [4.78, 5) is 0. The van der Waals surface area contributed by atoms with E-state index in [4.69, 9.17) is 16.3 Å². The van der Waals surface area contributed by atoms with Crippen molar-refractivity contribution in [2.75, 3.05) is 13.7 Å². The quantitative estimate of drug-likeness (QED) is 0.861. The van der Waals surface area contributed by atoms with Gasteiger partial charge in [0.1, 0.15) is 0 Å². The van der Waals surface area contributed by atoms with Crippen molar-refractivity contribution in [2.24, 2.45) is 7.05 Å². The van der Waals surface area contributed by atoms with Crippen LogP contribution in [-0.4, -0.2) is 34.2 Å². The minimum atomic E-state index is -0.820. The number of hydrogen-bond donors (Lipinski definition) is 1. The van der Waals surface area contributed by atoms with Crippen LogP contribution in [0.3, 0.4) is 0 Å². The van der Waals surface area contributed by atoms with Crippen molar-refractivity contribution in [2.45, 2.75) is 32.3 Å². The van der Waals surface area contributed by atoms with Crippen molar-refractivity contribution < 1.29 is 9.84 Å². The molecular weight excluding hydrogens is 228 g/mol. The predicted octanol–water partition coefficient (Wildman–Crippen LogP) is 1.71. The monoisotopic (exact) mass is 246 g/mol. The molecule has 1 heterocycles. The minimum absolute atomic E-state index is 0.479. The Kier molecular flexibility index (Phi) is 4.35. The first-order chi connectivity index (χ1) is 7.37. The zero-order valence-electron chi connectivity index (χ0n) is 10.2. The summed E-state index contributed by atoms with van der Waals surface area (Å²) in [5.41, 5.74) is 0.835. The molecule has 1 unspecified atom stereocenters. The Balaban J connectivity index is 2.79. The van der Waals surface area contributed by atoms with Crippen LogP contribution in [0.5, 0.6) is 0 Å². The third-order valence-electron chi connectivity index (χ3n) is 2.65. The number of methoxy groups -OCH3 is 1. The molecule has 0 aliphatic carbocycles. The molecule has 92 valence electrons. The van der Waals surface area contributed by atoms with E-state index >= 15 is 0 Å². The van der Waals surface area contributed by atoms with Crippen LogP contribution in [0, 0.1) is 6.92 Å². The number of hydrogen-bond acceptors (Lipinski definition) is 3. The Morgan fingerprint density at radius 3 is 2.62 bits per heavy atom. The summed E-state index contributed by atoms with van der Waals surface area (Å²) in [5, 5.41) is 15.0. The van der Waals surface area contributed by atoms with E-state index in [1.807, 2.05) is 14.0 Å². The smallest absolute Gasteiger partial charge is 0.0848 e. The van der Waals surface area contributed by atoms with Gasteiger partial charge in [-0.2, -0.15) is 5.10 Å². The van der Waals surface area contributed by atoms with Gasteiger partial charge >= 0.3 is 0 Å². The lowest BCUT2D eigenvalue weighted by atomic mass is 9.96. The van der Waals surface area contributed by atoms with Crippen molar-refractivity contribution in [1.29, 1.82) is 0 Å². The van der Waals surface area contributed by atoms with Gasteiger partial charge in [-0.3, -0.25) is 4.68 Å². The highest BCUT2D eigenvalue weighted by atomic mass is 35.5. The lowest BCUT2D eigenvalue weighted by molar-refractivity contribution is 0.0235. The van der Waals surface area contributed by atoms with Crippen LogP contribution in [0.1, 0.15) is 24.7 Å². The Labute approximate surface area is 101 Å². The van der Waals surface area contributed by atoms with E-state index in [1.54, 1.807) is 18.7 Å². The van der Waals surface area contributed by atoms with Gasteiger partial charge in [-0.1, -0.05) is 11.6 Å². The van der Waals surface area contributed by atoms with E-state index in [0.29, 0.717) is 24.5 Å². The fourth-order valence-corrected chi connectivity index (χ4v) is 1.87. The molecule has 0 saturated carbocycles. The number of aryl methyl sites for hydroxylation is 2. The first kappa shape index (κ1) is 13.5. The Hall–Kier alpha value is -0.580. The Morgan fingerprint density at radius 1 is 1.56 bits per heavy atom. The second-order valence-corrected chi connectivity index (χ2v) is 4.76. The molecule has 0 aliphatic heterocycles. The number of aliphatic hydroxyl groups is 1. The molecule has 1 aromatic heterocycles. The number of rotatable bonds is 5. The van der Waals surface area contributed by atoms with E-state index in [1.165, 1.54) is 0 Å². The highest BCUT2D eigenvalue weighted by molar-refractivity contribution is 6.31. The molecular formula is C11H19ClN2O2. The second-order valence-electron chi connectivity index (χ2n) is 4.39. The molecule has 1 N–H and O–H groups in total. The highest BCUT2D eigenvalue weighted by Crippen LogP contribution is 2.25. The number of nitrogens with zero attached hydrogens (tertiary/aromatic N) is 2. The maximum atomic E-state index is 10.2. The zero-order valence-corrected chi connectivity index (χ0v) is 11.0. The van der Waals surface area contributed by atoms with Gasteiger partial charge in [-0.25, -0.2) is 0 Å².